The number of alkyl halides is 2. The van der Waals surface area contributed by atoms with Crippen LogP contribution < -0.4 is 15.6 Å². The van der Waals surface area contributed by atoms with Crippen LogP contribution >= 0.6 is 0 Å². The van der Waals surface area contributed by atoms with Gasteiger partial charge in [-0.25, -0.2) is 0 Å². The molecule has 2 rings (SSSR count). The Morgan fingerprint density at radius 3 is 2.50 bits per heavy atom. The minimum absolute atomic E-state index is 0.0935. The fraction of sp³-hybridized carbons (Fsp3) is 0.200. The summed E-state index contributed by atoms with van der Waals surface area (Å²) < 4.78 is 28.3. The molecule has 1 heterocycles. The summed E-state index contributed by atoms with van der Waals surface area (Å²) in [4.78, 5) is 25.1. The van der Waals surface area contributed by atoms with Gasteiger partial charge in [-0.3, -0.25) is 9.59 Å². The summed E-state index contributed by atoms with van der Waals surface area (Å²) in [6, 6.07) is 8.92. The Morgan fingerprint density at radius 1 is 1.18 bits per heavy atom. The van der Waals surface area contributed by atoms with Crippen molar-refractivity contribution in [1.29, 1.82) is 0 Å². The number of halogens is 2. The van der Waals surface area contributed by atoms with Gasteiger partial charge in [0.2, 0.25) is 5.56 Å². The third kappa shape index (κ3) is 4.69. The molecule has 0 atom stereocenters. The molecule has 0 aliphatic rings. The maximum absolute atomic E-state index is 12.0. The van der Waals surface area contributed by atoms with Crippen molar-refractivity contribution in [3.63, 3.8) is 0 Å². The summed E-state index contributed by atoms with van der Waals surface area (Å²) in [6.45, 7) is -2.46. The van der Waals surface area contributed by atoms with Gasteiger partial charge in [0.05, 0.1) is 5.56 Å². The first-order chi connectivity index (χ1) is 10.5. The summed E-state index contributed by atoms with van der Waals surface area (Å²) in [5, 5.41) is 2.70. The fourth-order valence-corrected chi connectivity index (χ4v) is 1.81. The molecule has 0 aliphatic heterocycles. The first kappa shape index (κ1) is 15.7. The van der Waals surface area contributed by atoms with Gasteiger partial charge >= 0.3 is 6.61 Å². The molecule has 0 unspecified atom stereocenters. The first-order valence-electron chi connectivity index (χ1n) is 6.55. The Morgan fingerprint density at radius 2 is 1.91 bits per heavy atom. The molecule has 2 aromatic rings. The third-order valence-electron chi connectivity index (χ3n) is 2.89. The predicted molar refractivity (Wildman–Crippen MR) is 76.2 cm³/mol. The molecule has 5 nitrogen and oxygen atoms in total. The molecular weight excluding hydrogens is 294 g/mol. The van der Waals surface area contributed by atoms with Crippen molar-refractivity contribution in [1.82, 2.24) is 10.3 Å². The largest absolute Gasteiger partial charge is 0.435 e. The summed E-state index contributed by atoms with van der Waals surface area (Å²) in [5.41, 5.74) is 0.964. The Hall–Kier alpha value is -2.70. The van der Waals surface area contributed by atoms with Crippen LogP contribution in [-0.2, 0) is 6.42 Å². The predicted octanol–water partition coefficient (Wildman–Crippen LogP) is 1.95. The lowest BCUT2D eigenvalue weighted by molar-refractivity contribution is -0.0498. The van der Waals surface area contributed by atoms with Crippen LogP contribution in [0.15, 0.2) is 47.4 Å². The molecule has 7 heteroatoms. The Balaban J connectivity index is 1.82. The van der Waals surface area contributed by atoms with Gasteiger partial charge in [0.1, 0.15) is 5.75 Å². The normalized spacial score (nSPS) is 10.5. The Bertz CT molecular complexity index is 663. The number of ether oxygens (including phenoxy) is 1. The van der Waals surface area contributed by atoms with Gasteiger partial charge in [-0.15, -0.1) is 0 Å². The maximum Gasteiger partial charge on any atom is 0.387 e. The van der Waals surface area contributed by atoms with Crippen LogP contribution in [0.3, 0.4) is 0 Å². The topological polar surface area (TPSA) is 71.2 Å². The van der Waals surface area contributed by atoms with Gasteiger partial charge < -0.3 is 15.0 Å². The molecule has 0 fully saturated rings. The van der Waals surface area contributed by atoms with E-state index in [-0.39, 0.29) is 17.2 Å². The van der Waals surface area contributed by atoms with Crippen molar-refractivity contribution in [2.45, 2.75) is 13.0 Å². The van der Waals surface area contributed by atoms with Crippen LogP contribution in [0.2, 0.25) is 0 Å². The van der Waals surface area contributed by atoms with Crippen molar-refractivity contribution < 1.29 is 18.3 Å². The summed E-state index contributed by atoms with van der Waals surface area (Å²) >= 11 is 0. The van der Waals surface area contributed by atoms with Gasteiger partial charge in [0.25, 0.3) is 5.91 Å². The zero-order valence-electron chi connectivity index (χ0n) is 11.5. The van der Waals surface area contributed by atoms with E-state index in [9.17, 15) is 18.4 Å². The van der Waals surface area contributed by atoms with Gasteiger partial charge in [0.15, 0.2) is 0 Å². The van der Waals surface area contributed by atoms with E-state index in [2.05, 4.69) is 15.0 Å². The highest BCUT2D eigenvalue weighted by Gasteiger charge is 2.06. The van der Waals surface area contributed by atoms with Crippen LogP contribution in [0.4, 0.5) is 8.78 Å². The van der Waals surface area contributed by atoms with E-state index in [0.717, 1.165) is 5.56 Å². The zero-order chi connectivity index (χ0) is 15.9. The molecule has 0 saturated heterocycles. The Labute approximate surface area is 124 Å². The minimum Gasteiger partial charge on any atom is -0.435 e. The number of aromatic amines is 1. The maximum atomic E-state index is 12.0. The highest BCUT2D eigenvalue weighted by Crippen LogP contribution is 2.14. The molecule has 0 bridgehead atoms. The van der Waals surface area contributed by atoms with E-state index in [1.807, 2.05) is 0 Å². The van der Waals surface area contributed by atoms with Gasteiger partial charge in [-0.05, 0) is 30.2 Å². The monoisotopic (exact) mass is 308 g/mol. The molecule has 22 heavy (non-hydrogen) atoms. The lowest BCUT2D eigenvalue weighted by Gasteiger charge is -2.07. The van der Waals surface area contributed by atoms with Crippen LogP contribution in [0.5, 0.6) is 5.75 Å². The van der Waals surface area contributed by atoms with E-state index < -0.39 is 6.61 Å². The van der Waals surface area contributed by atoms with E-state index in [4.69, 9.17) is 0 Å². The number of amides is 1. The highest BCUT2D eigenvalue weighted by atomic mass is 19.3. The molecule has 1 aromatic carbocycles. The van der Waals surface area contributed by atoms with Crippen molar-refractivity contribution in [2.24, 2.45) is 0 Å². The fourth-order valence-electron chi connectivity index (χ4n) is 1.81. The lowest BCUT2D eigenvalue weighted by Crippen LogP contribution is -2.26. The molecule has 1 amide bonds. The lowest BCUT2D eigenvalue weighted by atomic mass is 10.1. The van der Waals surface area contributed by atoms with E-state index in [1.54, 1.807) is 12.1 Å². The molecular formula is C15H14F2N2O3. The van der Waals surface area contributed by atoms with Crippen molar-refractivity contribution in [3.05, 3.63) is 64.1 Å². The molecule has 0 saturated carbocycles. The number of H-pyrrole nitrogens is 1. The third-order valence-corrected chi connectivity index (χ3v) is 2.89. The van der Waals surface area contributed by atoms with Gasteiger partial charge in [-0.2, -0.15) is 8.78 Å². The second kappa shape index (κ2) is 7.35. The number of hydrogen-bond acceptors (Lipinski definition) is 3. The average Bonchev–Trinajstić information content (AvgIpc) is 2.49. The number of benzene rings is 1. The van der Waals surface area contributed by atoms with Gasteiger partial charge in [-0.1, -0.05) is 12.1 Å². The number of pyridine rings is 1. The summed E-state index contributed by atoms with van der Waals surface area (Å²) in [5.74, 6) is -0.204. The number of carbonyl (C=O) groups excluding carboxylic acids is 1. The van der Waals surface area contributed by atoms with Crippen molar-refractivity contribution in [2.75, 3.05) is 6.54 Å². The summed E-state index contributed by atoms with van der Waals surface area (Å²) in [7, 11) is 0. The molecule has 116 valence electrons. The van der Waals surface area contributed by atoms with Crippen molar-refractivity contribution in [3.8, 4) is 5.75 Å². The van der Waals surface area contributed by atoms with E-state index in [0.29, 0.717) is 18.5 Å². The first-order valence-corrected chi connectivity index (χ1v) is 6.55. The van der Waals surface area contributed by atoms with Crippen LogP contribution in [0, 0.1) is 0 Å². The zero-order valence-corrected chi connectivity index (χ0v) is 11.5. The Kier molecular flexibility index (Phi) is 5.24. The van der Waals surface area contributed by atoms with Crippen LogP contribution in [0.25, 0.3) is 0 Å². The number of carbonyl (C=O) groups is 1. The highest BCUT2D eigenvalue weighted by molar-refractivity contribution is 5.93. The quantitative estimate of drug-likeness (QED) is 0.857. The van der Waals surface area contributed by atoms with Crippen molar-refractivity contribution >= 4 is 5.91 Å². The minimum atomic E-state index is -2.84. The number of nitrogens with one attached hydrogen (secondary N) is 2. The number of rotatable bonds is 6. The number of hydrogen-bond donors (Lipinski definition) is 2. The smallest absolute Gasteiger partial charge is 0.387 e. The molecule has 0 radical (unpaired) electrons. The van der Waals surface area contributed by atoms with Gasteiger partial charge in [0, 0.05) is 18.8 Å². The number of aromatic nitrogens is 1. The van der Waals surface area contributed by atoms with Crippen LogP contribution in [-0.4, -0.2) is 24.0 Å². The van der Waals surface area contributed by atoms with Crippen LogP contribution in [0.1, 0.15) is 15.9 Å². The SMILES string of the molecule is O=C(NCCc1ccc(OC(F)F)cc1)c1ccc(=O)[nH]c1. The second-order valence-electron chi connectivity index (χ2n) is 4.47. The molecule has 0 aliphatic carbocycles. The average molecular weight is 308 g/mol. The second-order valence-corrected chi connectivity index (χ2v) is 4.47. The molecule has 2 N–H and O–H groups in total. The standard InChI is InChI=1S/C15H14F2N2O3/c16-15(17)22-12-4-1-10(2-5-12)7-8-18-14(21)11-3-6-13(20)19-9-11/h1-6,9,15H,7-8H2,(H,18,21)(H,19,20). The molecule has 0 spiro atoms. The van der Waals surface area contributed by atoms with E-state index >= 15 is 0 Å². The molecule has 1 aromatic heterocycles. The summed E-state index contributed by atoms with van der Waals surface area (Å²) in [6.07, 6.45) is 1.89. The van der Waals surface area contributed by atoms with E-state index in [1.165, 1.54) is 30.5 Å².